The minimum Gasteiger partial charge on any atom is -0.469 e. The van der Waals surface area contributed by atoms with Crippen LogP contribution in [0.3, 0.4) is 0 Å². The topological polar surface area (TPSA) is 69.9 Å². The highest BCUT2D eigenvalue weighted by molar-refractivity contribution is 5.69. The van der Waals surface area contributed by atoms with Crippen molar-refractivity contribution in [1.82, 2.24) is 20.0 Å². The lowest BCUT2D eigenvalue weighted by Gasteiger charge is -2.03. The Bertz CT molecular complexity index is 578. The normalized spacial score (nSPS) is 10.5. The predicted octanol–water partition coefficient (Wildman–Crippen LogP) is 1.38. The number of carbonyl (C=O) groups is 1. The Morgan fingerprint density at radius 1 is 1.42 bits per heavy atom. The lowest BCUT2D eigenvalue weighted by molar-refractivity contribution is -0.140. The molecule has 0 amide bonds. The molecule has 0 spiro atoms. The summed E-state index contributed by atoms with van der Waals surface area (Å²) in [5.74, 6) is 0.457. The Balaban J connectivity index is 2.27. The van der Waals surface area contributed by atoms with Crippen molar-refractivity contribution in [3.05, 3.63) is 35.3 Å². The van der Waals surface area contributed by atoms with Crippen LogP contribution in [-0.4, -0.2) is 33.1 Å². The van der Waals surface area contributed by atoms with E-state index in [0.29, 0.717) is 18.7 Å². The molecule has 2 rings (SSSR count). The van der Waals surface area contributed by atoms with E-state index in [2.05, 4.69) is 20.0 Å². The summed E-state index contributed by atoms with van der Waals surface area (Å²) in [5, 5.41) is 12.3. The third kappa shape index (κ3) is 2.78. The van der Waals surface area contributed by atoms with E-state index in [9.17, 15) is 4.79 Å². The summed E-state index contributed by atoms with van der Waals surface area (Å²) in [6.45, 7) is 3.88. The van der Waals surface area contributed by atoms with Crippen LogP contribution in [0.1, 0.15) is 23.4 Å². The SMILES string of the molecule is COC(=O)CCc1c(C)nn(-c2cccnn2)c1C. The number of esters is 1. The molecule has 0 aliphatic carbocycles. The minimum absolute atomic E-state index is 0.217. The van der Waals surface area contributed by atoms with Gasteiger partial charge in [-0.2, -0.15) is 10.2 Å². The van der Waals surface area contributed by atoms with Crippen LogP contribution in [0.4, 0.5) is 0 Å². The Labute approximate surface area is 111 Å². The molecule has 0 saturated heterocycles. The fraction of sp³-hybridized carbons (Fsp3) is 0.385. The van der Waals surface area contributed by atoms with Gasteiger partial charge in [-0.15, -0.1) is 5.10 Å². The molecular weight excluding hydrogens is 244 g/mol. The fourth-order valence-corrected chi connectivity index (χ4v) is 2.00. The zero-order valence-electron chi connectivity index (χ0n) is 11.3. The summed E-state index contributed by atoms with van der Waals surface area (Å²) in [6, 6.07) is 3.66. The van der Waals surface area contributed by atoms with Crippen LogP contribution in [-0.2, 0) is 16.0 Å². The molecule has 0 aliphatic rings. The number of carbonyl (C=O) groups excluding carboxylic acids is 1. The number of aryl methyl sites for hydroxylation is 1. The second-order valence-corrected chi connectivity index (χ2v) is 4.22. The predicted molar refractivity (Wildman–Crippen MR) is 69.0 cm³/mol. The van der Waals surface area contributed by atoms with E-state index in [1.807, 2.05) is 26.0 Å². The summed E-state index contributed by atoms with van der Waals surface area (Å²) in [4.78, 5) is 11.2. The van der Waals surface area contributed by atoms with Crippen molar-refractivity contribution in [1.29, 1.82) is 0 Å². The highest BCUT2D eigenvalue weighted by Gasteiger charge is 2.14. The van der Waals surface area contributed by atoms with E-state index in [-0.39, 0.29) is 5.97 Å². The van der Waals surface area contributed by atoms with E-state index in [1.54, 1.807) is 10.9 Å². The molecule has 6 nitrogen and oxygen atoms in total. The number of ether oxygens (including phenoxy) is 1. The van der Waals surface area contributed by atoms with Crippen molar-refractivity contribution >= 4 is 5.97 Å². The van der Waals surface area contributed by atoms with Crippen molar-refractivity contribution in [3.8, 4) is 5.82 Å². The van der Waals surface area contributed by atoms with Gasteiger partial charge in [-0.3, -0.25) is 4.79 Å². The maximum atomic E-state index is 11.2. The first kappa shape index (κ1) is 13.2. The Kier molecular flexibility index (Phi) is 3.89. The van der Waals surface area contributed by atoms with Gasteiger partial charge in [-0.25, -0.2) is 4.68 Å². The zero-order chi connectivity index (χ0) is 13.8. The average Bonchev–Trinajstić information content (AvgIpc) is 2.72. The van der Waals surface area contributed by atoms with E-state index < -0.39 is 0 Å². The molecule has 2 aromatic heterocycles. The highest BCUT2D eigenvalue weighted by atomic mass is 16.5. The Morgan fingerprint density at radius 3 is 2.84 bits per heavy atom. The third-order valence-corrected chi connectivity index (χ3v) is 3.02. The van der Waals surface area contributed by atoms with Gasteiger partial charge >= 0.3 is 5.97 Å². The molecule has 6 heteroatoms. The summed E-state index contributed by atoms with van der Waals surface area (Å²) >= 11 is 0. The average molecular weight is 260 g/mol. The number of aromatic nitrogens is 4. The van der Waals surface area contributed by atoms with Crippen molar-refractivity contribution in [2.75, 3.05) is 7.11 Å². The standard InChI is InChI=1S/C13H16N4O2/c1-9-11(6-7-13(18)19-3)10(2)17(16-9)12-5-4-8-14-15-12/h4-5,8H,6-7H2,1-3H3. The van der Waals surface area contributed by atoms with Crippen LogP contribution < -0.4 is 0 Å². The van der Waals surface area contributed by atoms with Gasteiger partial charge in [0.2, 0.25) is 0 Å². The maximum Gasteiger partial charge on any atom is 0.305 e. The zero-order valence-corrected chi connectivity index (χ0v) is 11.3. The van der Waals surface area contributed by atoms with E-state index in [4.69, 9.17) is 0 Å². The van der Waals surface area contributed by atoms with Crippen molar-refractivity contribution in [2.45, 2.75) is 26.7 Å². The fourth-order valence-electron chi connectivity index (χ4n) is 2.00. The summed E-state index contributed by atoms with van der Waals surface area (Å²) in [6.07, 6.45) is 2.59. The molecule has 0 radical (unpaired) electrons. The van der Waals surface area contributed by atoms with E-state index >= 15 is 0 Å². The molecule has 0 aliphatic heterocycles. The molecule has 100 valence electrons. The van der Waals surface area contributed by atoms with Crippen LogP contribution in [0.15, 0.2) is 18.3 Å². The van der Waals surface area contributed by atoms with Gasteiger partial charge in [-0.05, 0) is 38.0 Å². The third-order valence-electron chi connectivity index (χ3n) is 3.02. The van der Waals surface area contributed by atoms with Gasteiger partial charge < -0.3 is 4.74 Å². The van der Waals surface area contributed by atoms with Gasteiger partial charge in [0.15, 0.2) is 5.82 Å². The van der Waals surface area contributed by atoms with Gasteiger partial charge in [0, 0.05) is 18.3 Å². The number of methoxy groups -OCH3 is 1. The molecule has 0 fully saturated rings. The first-order valence-corrected chi connectivity index (χ1v) is 6.03. The summed E-state index contributed by atoms with van der Waals surface area (Å²) < 4.78 is 6.40. The van der Waals surface area contributed by atoms with E-state index in [0.717, 1.165) is 17.0 Å². The van der Waals surface area contributed by atoms with Gasteiger partial charge in [-0.1, -0.05) is 0 Å². The lowest BCUT2D eigenvalue weighted by atomic mass is 10.1. The number of hydrogen-bond donors (Lipinski definition) is 0. The molecule has 19 heavy (non-hydrogen) atoms. The quantitative estimate of drug-likeness (QED) is 0.777. The van der Waals surface area contributed by atoms with Crippen molar-refractivity contribution in [2.24, 2.45) is 0 Å². The largest absolute Gasteiger partial charge is 0.469 e. The Morgan fingerprint density at radius 2 is 2.21 bits per heavy atom. The molecule has 0 saturated carbocycles. The number of nitrogens with zero attached hydrogens (tertiary/aromatic N) is 4. The second-order valence-electron chi connectivity index (χ2n) is 4.22. The monoisotopic (exact) mass is 260 g/mol. The van der Waals surface area contributed by atoms with Crippen molar-refractivity contribution in [3.63, 3.8) is 0 Å². The summed E-state index contributed by atoms with van der Waals surface area (Å²) in [5.41, 5.74) is 2.92. The molecule has 0 atom stereocenters. The minimum atomic E-state index is -0.217. The maximum absolute atomic E-state index is 11.2. The number of rotatable bonds is 4. The van der Waals surface area contributed by atoms with Crippen LogP contribution in [0.5, 0.6) is 0 Å². The van der Waals surface area contributed by atoms with Crippen LogP contribution in [0.2, 0.25) is 0 Å². The van der Waals surface area contributed by atoms with Gasteiger partial charge in [0.25, 0.3) is 0 Å². The second kappa shape index (κ2) is 5.60. The summed E-state index contributed by atoms with van der Waals surface area (Å²) in [7, 11) is 1.39. The molecule has 0 bridgehead atoms. The molecule has 0 unspecified atom stereocenters. The lowest BCUT2D eigenvalue weighted by Crippen LogP contribution is -2.04. The van der Waals surface area contributed by atoms with Crippen LogP contribution in [0.25, 0.3) is 5.82 Å². The molecule has 0 N–H and O–H groups in total. The smallest absolute Gasteiger partial charge is 0.305 e. The molecule has 2 heterocycles. The number of hydrogen-bond acceptors (Lipinski definition) is 5. The molecule has 0 aromatic carbocycles. The van der Waals surface area contributed by atoms with E-state index in [1.165, 1.54) is 7.11 Å². The Hall–Kier alpha value is -2.24. The van der Waals surface area contributed by atoms with Crippen LogP contribution in [0, 0.1) is 13.8 Å². The van der Waals surface area contributed by atoms with Crippen molar-refractivity contribution < 1.29 is 9.53 Å². The first-order chi connectivity index (χ1) is 9.13. The van der Waals surface area contributed by atoms with Crippen LogP contribution >= 0.6 is 0 Å². The van der Waals surface area contributed by atoms with Gasteiger partial charge in [0.1, 0.15) is 0 Å². The molecular formula is C13H16N4O2. The van der Waals surface area contributed by atoms with Gasteiger partial charge in [0.05, 0.1) is 12.8 Å². The first-order valence-electron chi connectivity index (χ1n) is 6.03. The highest BCUT2D eigenvalue weighted by Crippen LogP contribution is 2.18. The molecule has 2 aromatic rings.